The van der Waals surface area contributed by atoms with Gasteiger partial charge in [-0.25, -0.2) is 9.97 Å². The second-order valence-electron chi connectivity index (χ2n) is 4.64. The van der Waals surface area contributed by atoms with Crippen LogP contribution in [-0.4, -0.2) is 19.9 Å². The fourth-order valence-corrected chi connectivity index (χ4v) is 1.36. The number of rotatable bonds is 2. The number of hydrogen-bond acceptors (Lipinski definition) is 3. The molecule has 4 heteroatoms. The van der Waals surface area contributed by atoms with E-state index in [0.717, 1.165) is 18.0 Å². The molecule has 0 amide bonds. The Morgan fingerprint density at radius 3 is 2.87 bits per heavy atom. The lowest BCUT2D eigenvalue weighted by Gasteiger charge is -2.20. The fraction of sp³-hybridized carbons (Fsp3) is 0.455. The van der Waals surface area contributed by atoms with Gasteiger partial charge in [0.1, 0.15) is 0 Å². The number of hydrogen-bond donors (Lipinski definition) is 1. The molecular formula is C11H16N4. The Morgan fingerprint density at radius 2 is 2.13 bits per heavy atom. The molecule has 0 radical (unpaired) electrons. The predicted molar refractivity (Wildman–Crippen MR) is 59.6 cm³/mol. The molecule has 4 nitrogen and oxygen atoms in total. The van der Waals surface area contributed by atoms with E-state index in [0.29, 0.717) is 0 Å². The molecule has 0 aliphatic rings. The maximum atomic E-state index is 4.23. The van der Waals surface area contributed by atoms with Crippen molar-refractivity contribution in [3.8, 4) is 0 Å². The summed E-state index contributed by atoms with van der Waals surface area (Å²) in [4.78, 5) is 8.40. The molecule has 0 bridgehead atoms. The lowest BCUT2D eigenvalue weighted by Crippen LogP contribution is -2.35. The van der Waals surface area contributed by atoms with E-state index in [1.165, 1.54) is 0 Å². The Balaban J connectivity index is 2.22. The summed E-state index contributed by atoms with van der Waals surface area (Å²) in [5.74, 6) is 0.753. The summed E-state index contributed by atoms with van der Waals surface area (Å²) in [5, 5.41) is 3.43. The first-order valence-corrected chi connectivity index (χ1v) is 5.08. The van der Waals surface area contributed by atoms with Crippen molar-refractivity contribution in [2.24, 2.45) is 0 Å². The maximum Gasteiger partial charge on any atom is 0.233 e. The molecule has 80 valence electrons. The highest BCUT2D eigenvalue weighted by Gasteiger charge is 2.10. The summed E-state index contributed by atoms with van der Waals surface area (Å²) >= 11 is 0. The molecule has 0 fully saturated rings. The second-order valence-corrected chi connectivity index (χ2v) is 4.64. The van der Waals surface area contributed by atoms with Crippen LogP contribution in [0.5, 0.6) is 0 Å². The van der Waals surface area contributed by atoms with Gasteiger partial charge in [0.15, 0.2) is 0 Å². The first-order valence-electron chi connectivity index (χ1n) is 5.08. The van der Waals surface area contributed by atoms with Crippen LogP contribution < -0.4 is 5.32 Å². The van der Waals surface area contributed by atoms with Gasteiger partial charge in [0.05, 0.1) is 11.9 Å². The van der Waals surface area contributed by atoms with Crippen LogP contribution in [0.25, 0.3) is 5.78 Å². The zero-order chi connectivity index (χ0) is 10.9. The van der Waals surface area contributed by atoms with Crippen molar-refractivity contribution in [1.29, 1.82) is 0 Å². The highest BCUT2D eigenvalue weighted by atomic mass is 15.1. The Labute approximate surface area is 89.4 Å². The van der Waals surface area contributed by atoms with Crippen LogP contribution in [0.4, 0.5) is 0 Å². The van der Waals surface area contributed by atoms with Crippen molar-refractivity contribution >= 4 is 5.78 Å². The van der Waals surface area contributed by atoms with Crippen molar-refractivity contribution in [3.63, 3.8) is 0 Å². The van der Waals surface area contributed by atoms with Gasteiger partial charge < -0.3 is 5.32 Å². The Hall–Kier alpha value is -1.42. The Bertz CT molecular complexity index is 453. The predicted octanol–water partition coefficient (Wildman–Crippen LogP) is 1.62. The van der Waals surface area contributed by atoms with E-state index < -0.39 is 0 Å². The molecule has 0 aromatic carbocycles. The van der Waals surface area contributed by atoms with Crippen LogP contribution >= 0.6 is 0 Å². The molecule has 0 spiro atoms. The molecule has 0 aliphatic carbocycles. The molecule has 1 N–H and O–H groups in total. The minimum atomic E-state index is 0.117. The van der Waals surface area contributed by atoms with E-state index in [-0.39, 0.29) is 5.54 Å². The first kappa shape index (κ1) is 10.1. The SMILES string of the molecule is CC(C)(C)NCc1cnc2ncccn12. The molecule has 2 aromatic heterocycles. The Kier molecular flexibility index (Phi) is 2.44. The van der Waals surface area contributed by atoms with Gasteiger partial charge in [0, 0.05) is 24.5 Å². The number of nitrogens with one attached hydrogen (secondary N) is 1. The van der Waals surface area contributed by atoms with E-state index >= 15 is 0 Å². The molecule has 15 heavy (non-hydrogen) atoms. The van der Waals surface area contributed by atoms with Crippen molar-refractivity contribution < 1.29 is 0 Å². The molecule has 2 rings (SSSR count). The normalized spacial score (nSPS) is 12.2. The molecule has 0 saturated heterocycles. The monoisotopic (exact) mass is 204 g/mol. The largest absolute Gasteiger partial charge is 0.306 e. The average Bonchev–Trinajstić information content (AvgIpc) is 2.57. The zero-order valence-corrected chi connectivity index (χ0v) is 9.36. The zero-order valence-electron chi connectivity index (χ0n) is 9.36. The van der Waals surface area contributed by atoms with Crippen LogP contribution in [0.2, 0.25) is 0 Å². The lowest BCUT2D eigenvalue weighted by atomic mass is 10.1. The van der Waals surface area contributed by atoms with E-state index in [1.54, 1.807) is 6.20 Å². The number of imidazole rings is 1. The average molecular weight is 204 g/mol. The van der Waals surface area contributed by atoms with Crippen LogP contribution in [0.3, 0.4) is 0 Å². The molecular weight excluding hydrogens is 188 g/mol. The van der Waals surface area contributed by atoms with Gasteiger partial charge in [-0.15, -0.1) is 0 Å². The van der Waals surface area contributed by atoms with Gasteiger partial charge in [0.25, 0.3) is 0 Å². The van der Waals surface area contributed by atoms with Crippen LogP contribution in [0, 0.1) is 0 Å². The number of fused-ring (bicyclic) bond motifs is 1. The summed E-state index contributed by atoms with van der Waals surface area (Å²) in [6.45, 7) is 7.24. The molecule has 0 atom stereocenters. The summed E-state index contributed by atoms with van der Waals surface area (Å²) < 4.78 is 2.00. The summed E-state index contributed by atoms with van der Waals surface area (Å²) in [5.41, 5.74) is 1.25. The third-order valence-electron chi connectivity index (χ3n) is 2.16. The highest BCUT2D eigenvalue weighted by molar-refractivity contribution is 5.30. The summed E-state index contributed by atoms with van der Waals surface area (Å²) in [6.07, 6.45) is 5.60. The van der Waals surface area contributed by atoms with E-state index in [4.69, 9.17) is 0 Å². The van der Waals surface area contributed by atoms with E-state index in [1.807, 2.05) is 22.9 Å². The minimum Gasteiger partial charge on any atom is -0.306 e. The number of aromatic nitrogens is 3. The Morgan fingerprint density at radius 1 is 1.33 bits per heavy atom. The topological polar surface area (TPSA) is 42.2 Å². The molecule has 0 unspecified atom stereocenters. The van der Waals surface area contributed by atoms with Gasteiger partial charge >= 0.3 is 0 Å². The quantitative estimate of drug-likeness (QED) is 0.808. The first-order chi connectivity index (χ1) is 7.06. The van der Waals surface area contributed by atoms with Crippen LogP contribution in [-0.2, 0) is 6.54 Å². The standard InChI is InChI=1S/C11H16N4/c1-11(2,3)14-8-9-7-13-10-12-5-4-6-15(9)10/h4-7,14H,8H2,1-3H3. The van der Waals surface area contributed by atoms with Crippen molar-refractivity contribution in [2.45, 2.75) is 32.9 Å². The minimum absolute atomic E-state index is 0.117. The van der Waals surface area contributed by atoms with Gasteiger partial charge in [-0.2, -0.15) is 0 Å². The molecule has 0 aliphatic heterocycles. The van der Waals surface area contributed by atoms with Crippen molar-refractivity contribution in [1.82, 2.24) is 19.7 Å². The maximum absolute atomic E-state index is 4.23. The third-order valence-corrected chi connectivity index (χ3v) is 2.16. The summed E-state index contributed by atoms with van der Waals surface area (Å²) in [6, 6.07) is 1.91. The highest BCUT2D eigenvalue weighted by Crippen LogP contribution is 2.06. The lowest BCUT2D eigenvalue weighted by molar-refractivity contribution is 0.420. The van der Waals surface area contributed by atoms with Crippen LogP contribution in [0.1, 0.15) is 26.5 Å². The summed E-state index contributed by atoms with van der Waals surface area (Å²) in [7, 11) is 0. The number of nitrogens with zero attached hydrogens (tertiary/aromatic N) is 3. The fourth-order valence-electron chi connectivity index (χ4n) is 1.36. The molecule has 2 heterocycles. The smallest absolute Gasteiger partial charge is 0.233 e. The van der Waals surface area contributed by atoms with Crippen LogP contribution in [0.15, 0.2) is 24.7 Å². The van der Waals surface area contributed by atoms with Crippen molar-refractivity contribution in [3.05, 3.63) is 30.4 Å². The van der Waals surface area contributed by atoms with Crippen molar-refractivity contribution in [2.75, 3.05) is 0 Å². The van der Waals surface area contributed by atoms with Gasteiger partial charge in [0.2, 0.25) is 5.78 Å². The third kappa shape index (κ3) is 2.33. The van der Waals surface area contributed by atoms with E-state index in [2.05, 4.69) is 36.1 Å². The second kappa shape index (κ2) is 3.62. The molecule has 0 saturated carbocycles. The van der Waals surface area contributed by atoms with Gasteiger partial charge in [-0.05, 0) is 26.8 Å². The van der Waals surface area contributed by atoms with Gasteiger partial charge in [-0.3, -0.25) is 4.40 Å². The van der Waals surface area contributed by atoms with Gasteiger partial charge in [-0.1, -0.05) is 0 Å². The van der Waals surface area contributed by atoms with E-state index in [9.17, 15) is 0 Å². The molecule has 2 aromatic rings.